The van der Waals surface area contributed by atoms with E-state index in [1.807, 2.05) is 0 Å². The summed E-state index contributed by atoms with van der Waals surface area (Å²) in [5.74, 6) is -0.240. The fourth-order valence-electron chi connectivity index (χ4n) is 2.61. The zero-order valence-corrected chi connectivity index (χ0v) is 13.2. The van der Waals surface area contributed by atoms with E-state index in [0.717, 1.165) is 36.1 Å². The van der Waals surface area contributed by atoms with Gasteiger partial charge in [-0.05, 0) is 38.2 Å². The summed E-state index contributed by atoms with van der Waals surface area (Å²) in [5, 5.41) is 6.99. The van der Waals surface area contributed by atoms with E-state index in [0.29, 0.717) is 16.3 Å². The van der Waals surface area contributed by atoms with E-state index in [1.54, 1.807) is 13.0 Å². The Balaban J connectivity index is 1.94. The molecule has 1 aliphatic rings. The van der Waals surface area contributed by atoms with E-state index >= 15 is 0 Å². The lowest BCUT2D eigenvalue weighted by Gasteiger charge is -2.11. The molecule has 0 spiro atoms. The highest BCUT2D eigenvalue weighted by Gasteiger charge is 2.27. The topological polar surface area (TPSA) is 81.4 Å². The molecule has 22 heavy (non-hydrogen) atoms. The lowest BCUT2D eigenvalue weighted by molar-refractivity contribution is 0.0601. The highest BCUT2D eigenvalue weighted by Crippen LogP contribution is 2.38. The van der Waals surface area contributed by atoms with Gasteiger partial charge in [0.05, 0.1) is 12.7 Å². The number of amides is 1. The number of anilines is 1. The Morgan fingerprint density at radius 2 is 2.14 bits per heavy atom. The number of fused-ring (bicyclic) bond motifs is 1. The van der Waals surface area contributed by atoms with Gasteiger partial charge in [-0.25, -0.2) is 4.79 Å². The Kier molecular flexibility index (Phi) is 3.98. The van der Waals surface area contributed by atoms with Crippen LogP contribution in [-0.2, 0) is 17.6 Å². The molecule has 116 valence electrons. The second-order valence-corrected chi connectivity index (χ2v) is 6.29. The smallest absolute Gasteiger partial charge is 0.341 e. The normalized spacial score (nSPS) is 13.5. The summed E-state index contributed by atoms with van der Waals surface area (Å²) in [6, 6.07) is 1.56. The third-order valence-corrected chi connectivity index (χ3v) is 4.86. The molecule has 2 aromatic heterocycles. The predicted molar refractivity (Wildman–Crippen MR) is 81.5 cm³/mol. The predicted octanol–water partition coefficient (Wildman–Crippen LogP) is 2.96. The third kappa shape index (κ3) is 2.64. The standard InChI is InChI=1S/C15H16N2O4S/c1-8-7-10(17-21-8)13(18)16-14-12(15(19)20-2)9-5-3-4-6-11(9)22-14/h7H,3-6H2,1-2H3,(H,16,18). The highest BCUT2D eigenvalue weighted by molar-refractivity contribution is 7.17. The fourth-order valence-corrected chi connectivity index (χ4v) is 3.88. The number of aromatic nitrogens is 1. The minimum absolute atomic E-state index is 0.194. The van der Waals surface area contributed by atoms with Crippen molar-refractivity contribution >= 4 is 28.2 Å². The number of hydrogen-bond acceptors (Lipinski definition) is 6. The molecule has 1 N–H and O–H groups in total. The van der Waals surface area contributed by atoms with Crippen LogP contribution in [0.5, 0.6) is 0 Å². The van der Waals surface area contributed by atoms with Gasteiger partial charge in [0.2, 0.25) is 0 Å². The Labute approximate surface area is 131 Å². The van der Waals surface area contributed by atoms with E-state index in [4.69, 9.17) is 9.26 Å². The molecule has 0 unspecified atom stereocenters. The SMILES string of the molecule is COC(=O)c1c(NC(=O)c2cc(C)on2)sc2c1CCCC2. The van der Waals surface area contributed by atoms with Crippen LogP contribution in [0.15, 0.2) is 10.6 Å². The molecule has 0 aromatic carbocycles. The number of esters is 1. The van der Waals surface area contributed by atoms with Crippen LogP contribution in [-0.4, -0.2) is 24.1 Å². The minimum Gasteiger partial charge on any atom is -0.465 e. The summed E-state index contributed by atoms with van der Waals surface area (Å²) < 4.78 is 9.78. The zero-order valence-electron chi connectivity index (χ0n) is 12.4. The maximum atomic E-state index is 12.2. The molecule has 3 rings (SSSR count). The second kappa shape index (κ2) is 5.92. The van der Waals surface area contributed by atoms with Gasteiger partial charge in [-0.2, -0.15) is 0 Å². The van der Waals surface area contributed by atoms with Gasteiger partial charge in [-0.3, -0.25) is 4.79 Å². The van der Waals surface area contributed by atoms with E-state index in [1.165, 1.54) is 18.4 Å². The summed E-state index contributed by atoms with van der Waals surface area (Å²) in [4.78, 5) is 25.5. The van der Waals surface area contributed by atoms with Crippen molar-refractivity contribution in [2.24, 2.45) is 0 Å². The van der Waals surface area contributed by atoms with E-state index in [-0.39, 0.29) is 11.6 Å². The van der Waals surface area contributed by atoms with Crippen LogP contribution in [0, 0.1) is 6.92 Å². The summed E-state index contributed by atoms with van der Waals surface area (Å²) in [5.41, 5.74) is 1.69. The number of nitrogens with one attached hydrogen (secondary N) is 1. The molecular weight excluding hydrogens is 304 g/mol. The van der Waals surface area contributed by atoms with Crippen molar-refractivity contribution in [3.05, 3.63) is 33.5 Å². The van der Waals surface area contributed by atoms with Crippen LogP contribution >= 0.6 is 11.3 Å². The molecule has 0 saturated carbocycles. The maximum absolute atomic E-state index is 12.2. The summed E-state index contributed by atoms with van der Waals surface area (Å²) in [7, 11) is 1.35. The van der Waals surface area contributed by atoms with Crippen molar-refractivity contribution in [2.45, 2.75) is 32.6 Å². The number of rotatable bonds is 3. The molecule has 2 heterocycles. The second-order valence-electron chi connectivity index (χ2n) is 5.18. The van der Waals surface area contributed by atoms with Crippen LogP contribution < -0.4 is 5.32 Å². The average Bonchev–Trinajstić information content (AvgIpc) is 3.09. The number of carbonyl (C=O) groups is 2. The monoisotopic (exact) mass is 320 g/mol. The van der Waals surface area contributed by atoms with Gasteiger partial charge in [0.1, 0.15) is 10.8 Å². The Bertz CT molecular complexity index is 732. The van der Waals surface area contributed by atoms with Crippen LogP contribution in [0.25, 0.3) is 0 Å². The molecule has 7 heteroatoms. The van der Waals surface area contributed by atoms with Gasteiger partial charge in [0, 0.05) is 10.9 Å². The molecule has 0 atom stereocenters. The molecule has 2 aromatic rings. The first-order valence-corrected chi connectivity index (χ1v) is 7.89. The third-order valence-electron chi connectivity index (χ3n) is 3.65. The first-order chi connectivity index (χ1) is 10.6. The van der Waals surface area contributed by atoms with Crippen LogP contribution in [0.1, 0.15) is 49.9 Å². The summed E-state index contributed by atoms with van der Waals surface area (Å²) >= 11 is 1.44. The Hall–Kier alpha value is -2.15. The quantitative estimate of drug-likeness (QED) is 0.879. The van der Waals surface area contributed by atoms with Gasteiger partial charge < -0.3 is 14.6 Å². The zero-order chi connectivity index (χ0) is 15.7. The van der Waals surface area contributed by atoms with Gasteiger partial charge in [0.25, 0.3) is 5.91 Å². The molecule has 0 fully saturated rings. The molecule has 0 bridgehead atoms. The number of hydrogen-bond donors (Lipinski definition) is 1. The summed E-state index contributed by atoms with van der Waals surface area (Å²) in [6.45, 7) is 1.72. The highest BCUT2D eigenvalue weighted by atomic mass is 32.1. The first kappa shape index (κ1) is 14.8. The lowest BCUT2D eigenvalue weighted by atomic mass is 9.95. The van der Waals surface area contributed by atoms with Crippen LogP contribution in [0.3, 0.4) is 0 Å². The fraction of sp³-hybridized carbons (Fsp3) is 0.400. The minimum atomic E-state index is -0.411. The van der Waals surface area contributed by atoms with Gasteiger partial charge in [0.15, 0.2) is 5.69 Å². The number of nitrogens with zero attached hydrogens (tertiary/aromatic N) is 1. The van der Waals surface area contributed by atoms with Crippen molar-refractivity contribution in [3.8, 4) is 0 Å². The molecule has 6 nitrogen and oxygen atoms in total. The number of aryl methyl sites for hydroxylation is 2. The van der Waals surface area contributed by atoms with E-state index in [2.05, 4.69) is 10.5 Å². The lowest BCUT2D eigenvalue weighted by Crippen LogP contribution is -2.15. The number of ether oxygens (including phenoxy) is 1. The number of carbonyl (C=O) groups excluding carboxylic acids is 2. The molecular formula is C15H16N2O4S. The Morgan fingerprint density at radius 3 is 2.82 bits per heavy atom. The van der Waals surface area contributed by atoms with Crippen molar-refractivity contribution in [1.29, 1.82) is 0 Å². The number of methoxy groups -OCH3 is 1. The van der Waals surface area contributed by atoms with Crippen molar-refractivity contribution < 1.29 is 18.8 Å². The van der Waals surface area contributed by atoms with Gasteiger partial charge in [-0.15, -0.1) is 11.3 Å². The van der Waals surface area contributed by atoms with Crippen molar-refractivity contribution in [3.63, 3.8) is 0 Å². The Morgan fingerprint density at radius 1 is 1.36 bits per heavy atom. The van der Waals surface area contributed by atoms with Crippen molar-refractivity contribution in [2.75, 3.05) is 12.4 Å². The maximum Gasteiger partial charge on any atom is 0.341 e. The van der Waals surface area contributed by atoms with Crippen molar-refractivity contribution in [1.82, 2.24) is 5.16 Å². The average molecular weight is 320 g/mol. The molecule has 1 aliphatic carbocycles. The first-order valence-electron chi connectivity index (χ1n) is 7.07. The molecule has 0 radical (unpaired) electrons. The van der Waals surface area contributed by atoms with Crippen LogP contribution in [0.4, 0.5) is 5.00 Å². The van der Waals surface area contributed by atoms with Crippen LogP contribution in [0.2, 0.25) is 0 Å². The van der Waals surface area contributed by atoms with Gasteiger partial charge in [-0.1, -0.05) is 5.16 Å². The summed E-state index contributed by atoms with van der Waals surface area (Å²) in [6.07, 6.45) is 3.92. The number of thiophene rings is 1. The van der Waals surface area contributed by atoms with E-state index < -0.39 is 5.97 Å². The largest absolute Gasteiger partial charge is 0.465 e. The van der Waals surface area contributed by atoms with E-state index in [9.17, 15) is 9.59 Å². The molecule has 1 amide bonds. The van der Waals surface area contributed by atoms with Gasteiger partial charge >= 0.3 is 5.97 Å². The molecule has 0 aliphatic heterocycles. The molecule has 0 saturated heterocycles.